The van der Waals surface area contributed by atoms with Crippen molar-refractivity contribution >= 4 is 5.91 Å². The summed E-state index contributed by atoms with van der Waals surface area (Å²) in [5.74, 6) is 0.354. The number of carbonyl (C=O) groups excluding carboxylic acids is 1. The van der Waals surface area contributed by atoms with E-state index in [4.69, 9.17) is 0 Å². The number of nitrogens with one attached hydrogen (secondary N) is 3. The summed E-state index contributed by atoms with van der Waals surface area (Å²) in [7, 11) is 0. The van der Waals surface area contributed by atoms with Gasteiger partial charge in [0.25, 0.3) is 11.1 Å². The Morgan fingerprint density at radius 1 is 1.23 bits per heavy atom. The molecule has 2 aromatic rings. The number of aromatic nitrogens is 4. The van der Waals surface area contributed by atoms with E-state index in [2.05, 4.69) is 19.9 Å². The van der Waals surface area contributed by atoms with E-state index in [1.165, 1.54) is 6.07 Å². The van der Waals surface area contributed by atoms with E-state index in [9.17, 15) is 19.2 Å². The van der Waals surface area contributed by atoms with Gasteiger partial charge in [0.15, 0.2) is 0 Å². The molecule has 0 saturated carbocycles. The van der Waals surface area contributed by atoms with Gasteiger partial charge >= 0.3 is 5.69 Å². The van der Waals surface area contributed by atoms with E-state index in [0.717, 1.165) is 12.8 Å². The van der Waals surface area contributed by atoms with Crippen molar-refractivity contribution < 1.29 is 4.79 Å². The van der Waals surface area contributed by atoms with Crippen LogP contribution >= 0.6 is 0 Å². The zero-order valence-electron chi connectivity index (χ0n) is 14.7. The molecule has 1 atom stereocenters. The maximum absolute atomic E-state index is 12.7. The van der Waals surface area contributed by atoms with Gasteiger partial charge in [0.05, 0.1) is 12.1 Å². The monoisotopic (exact) mass is 359 g/mol. The second-order valence-corrected chi connectivity index (χ2v) is 6.62. The highest BCUT2D eigenvalue weighted by Crippen LogP contribution is 2.25. The van der Waals surface area contributed by atoms with Gasteiger partial charge in [-0.25, -0.2) is 9.78 Å². The van der Waals surface area contributed by atoms with E-state index >= 15 is 0 Å². The third kappa shape index (κ3) is 3.81. The first-order chi connectivity index (χ1) is 12.3. The molecule has 0 spiro atoms. The Morgan fingerprint density at radius 3 is 2.69 bits per heavy atom. The second kappa shape index (κ2) is 7.11. The normalized spacial score (nSPS) is 17.3. The standard InChI is InChI=1S/C17H21N5O4/c1-9-12(16(25)21-17(26)18-9)6-15(24)22-5-3-4-11(8-22)13-7-14(23)20-10(2)19-13/h7,11H,3-6,8H2,1-2H3,(H,19,20,23)(H2,18,21,25,26)/t11-/m0/s1. The van der Waals surface area contributed by atoms with Crippen LogP contribution < -0.4 is 16.8 Å². The average molecular weight is 359 g/mol. The molecule has 0 bridgehead atoms. The SMILES string of the molecule is Cc1nc([C@H]2CCCN(C(=O)Cc3c(C)[nH]c(=O)[nH]c3=O)C2)cc(=O)[nH]1. The molecule has 1 aliphatic rings. The first kappa shape index (κ1) is 17.8. The molecule has 1 aliphatic heterocycles. The number of carbonyl (C=O) groups is 1. The highest BCUT2D eigenvalue weighted by molar-refractivity contribution is 5.79. The Labute approximate surface area is 148 Å². The molecule has 9 nitrogen and oxygen atoms in total. The molecule has 3 heterocycles. The lowest BCUT2D eigenvalue weighted by atomic mass is 9.94. The van der Waals surface area contributed by atoms with Crippen LogP contribution in [0, 0.1) is 13.8 Å². The molecule has 1 fully saturated rings. The van der Waals surface area contributed by atoms with E-state index < -0.39 is 11.2 Å². The fourth-order valence-electron chi connectivity index (χ4n) is 3.36. The van der Waals surface area contributed by atoms with Crippen molar-refractivity contribution in [3.05, 3.63) is 60.0 Å². The third-order valence-electron chi connectivity index (χ3n) is 4.66. The van der Waals surface area contributed by atoms with Crippen LogP contribution in [-0.2, 0) is 11.2 Å². The first-order valence-corrected chi connectivity index (χ1v) is 8.51. The van der Waals surface area contributed by atoms with Crippen molar-refractivity contribution in [2.24, 2.45) is 0 Å². The number of aromatic amines is 3. The minimum absolute atomic E-state index is 0.0105. The van der Waals surface area contributed by atoms with Crippen LogP contribution in [-0.4, -0.2) is 43.8 Å². The maximum Gasteiger partial charge on any atom is 0.325 e. The maximum atomic E-state index is 12.7. The summed E-state index contributed by atoms with van der Waals surface area (Å²) in [5, 5.41) is 0. The number of nitrogens with zero attached hydrogens (tertiary/aromatic N) is 2. The molecule has 0 unspecified atom stereocenters. The molecule has 9 heteroatoms. The lowest BCUT2D eigenvalue weighted by Crippen LogP contribution is -2.41. The van der Waals surface area contributed by atoms with Crippen LogP contribution in [0.2, 0.25) is 0 Å². The van der Waals surface area contributed by atoms with Crippen LogP contribution in [0.3, 0.4) is 0 Å². The molecule has 2 aromatic heterocycles. The average Bonchev–Trinajstić information content (AvgIpc) is 2.57. The molecule has 26 heavy (non-hydrogen) atoms. The number of piperidine rings is 1. The molecule has 3 rings (SSSR count). The number of hydrogen-bond donors (Lipinski definition) is 3. The Balaban J connectivity index is 1.77. The van der Waals surface area contributed by atoms with Gasteiger partial charge in [-0.3, -0.25) is 19.4 Å². The molecule has 1 amide bonds. The van der Waals surface area contributed by atoms with E-state index in [1.807, 2.05) is 0 Å². The van der Waals surface area contributed by atoms with Gasteiger partial charge in [-0.1, -0.05) is 0 Å². The smallest absolute Gasteiger partial charge is 0.325 e. The number of likely N-dealkylation sites (tertiary alicyclic amines) is 1. The Morgan fingerprint density at radius 2 is 2.00 bits per heavy atom. The van der Waals surface area contributed by atoms with Crippen molar-refractivity contribution in [3.8, 4) is 0 Å². The van der Waals surface area contributed by atoms with Crippen LogP contribution in [0.15, 0.2) is 20.4 Å². The van der Waals surface area contributed by atoms with Crippen molar-refractivity contribution in [2.45, 2.75) is 39.0 Å². The fourth-order valence-corrected chi connectivity index (χ4v) is 3.36. The summed E-state index contributed by atoms with van der Waals surface area (Å²) in [5.41, 5.74) is 0.0140. The molecule has 3 N–H and O–H groups in total. The molecule has 138 valence electrons. The summed E-state index contributed by atoms with van der Waals surface area (Å²) < 4.78 is 0. The lowest BCUT2D eigenvalue weighted by Gasteiger charge is -2.32. The summed E-state index contributed by atoms with van der Waals surface area (Å²) in [6.07, 6.45) is 1.56. The van der Waals surface area contributed by atoms with E-state index in [1.54, 1.807) is 18.7 Å². The number of hydrogen-bond acceptors (Lipinski definition) is 5. The van der Waals surface area contributed by atoms with Gasteiger partial charge in [0.1, 0.15) is 5.82 Å². The van der Waals surface area contributed by atoms with Crippen LogP contribution in [0.25, 0.3) is 0 Å². The van der Waals surface area contributed by atoms with Gasteiger partial charge < -0.3 is 14.9 Å². The van der Waals surface area contributed by atoms with Gasteiger partial charge in [-0.2, -0.15) is 0 Å². The van der Waals surface area contributed by atoms with Gasteiger partial charge in [0, 0.05) is 36.3 Å². The molecule has 0 radical (unpaired) electrons. The highest BCUT2D eigenvalue weighted by Gasteiger charge is 2.27. The van der Waals surface area contributed by atoms with E-state index in [0.29, 0.717) is 30.3 Å². The topological polar surface area (TPSA) is 132 Å². The van der Waals surface area contributed by atoms with Crippen LogP contribution in [0.5, 0.6) is 0 Å². The summed E-state index contributed by atoms with van der Waals surface area (Å²) >= 11 is 0. The van der Waals surface area contributed by atoms with Crippen molar-refractivity contribution in [3.63, 3.8) is 0 Å². The van der Waals surface area contributed by atoms with E-state index in [-0.39, 0.29) is 29.4 Å². The zero-order chi connectivity index (χ0) is 18.8. The Bertz CT molecular complexity index is 1000. The largest absolute Gasteiger partial charge is 0.342 e. The number of amides is 1. The third-order valence-corrected chi connectivity index (χ3v) is 4.66. The summed E-state index contributed by atoms with van der Waals surface area (Å²) in [6, 6.07) is 1.47. The van der Waals surface area contributed by atoms with Crippen molar-refractivity contribution in [1.82, 2.24) is 24.8 Å². The van der Waals surface area contributed by atoms with Gasteiger partial charge in [-0.15, -0.1) is 0 Å². The van der Waals surface area contributed by atoms with Gasteiger partial charge in [0.2, 0.25) is 5.91 Å². The molecule has 0 aliphatic carbocycles. The van der Waals surface area contributed by atoms with Crippen molar-refractivity contribution in [1.29, 1.82) is 0 Å². The number of H-pyrrole nitrogens is 3. The summed E-state index contributed by atoms with van der Waals surface area (Å²) in [6.45, 7) is 4.37. The van der Waals surface area contributed by atoms with Gasteiger partial charge in [-0.05, 0) is 26.7 Å². The first-order valence-electron chi connectivity index (χ1n) is 8.51. The molecular formula is C17H21N5O4. The molecule has 0 aromatic carbocycles. The minimum atomic E-state index is -0.586. The number of aryl methyl sites for hydroxylation is 2. The predicted molar refractivity (Wildman–Crippen MR) is 94.3 cm³/mol. The summed E-state index contributed by atoms with van der Waals surface area (Å²) in [4.78, 5) is 60.9. The van der Waals surface area contributed by atoms with Crippen LogP contribution in [0.4, 0.5) is 0 Å². The predicted octanol–water partition coefficient (Wildman–Crippen LogP) is -0.288. The highest BCUT2D eigenvalue weighted by atomic mass is 16.2. The molecule has 1 saturated heterocycles. The Hall–Kier alpha value is -2.97. The van der Waals surface area contributed by atoms with Crippen molar-refractivity contribution in [2.75, 3.05) is 13.1 Å². The van der Waals surface area contributed by atoms with Crippen LogP contribution in [0.1, 0.15) is 41.5 Å². The Kier molecular flexibility index (Phi) is 4.88. The number of rotatable bonds is 3. The lowest BCUT2D eigenvalue weighted by molar-refractivity contribution is -0.131. The zero-order valence-corrected chi connectivity index (χ0v) is 14.7. The minimum Gasteiger partial charge on any atom is -0.342 e. The second-order valence-electron chi connectivity index (χ2n) is 6.62. The molecular weight excluding hydrogens is 338 g/mol. The fraction of sp³-hybridized carbons (Fsp3) is 0.471. The quantitative estimate of drug-likeness (QED) is 0.693.